The van der Waals surface area contributed by atoms with Gasteiger partial charge in [-0.1, -0.05) is 28.1 Å². The molecule has 2 aromatic heterocycles. The quantitative estimate of drug-likeness (QED) is 0.736. The maximum Gasteiger partial charge on any atom is 0.161 e. The normalized spacial score (nSPS) is 10.9. The van der Waals surface area contributed by atoms with Crippen molar-refractivity contribution in [1.82, 2.24) is 14.6 Å². The van der Waals surface area contributed by atoms with E-state index in [1.807, 2.05) is 34.9 Å². The molecule has 0 radical (unpaired) electrons. The van der Waals surface area contributed by atoms with Crippen molar-refractivity contribution in [1.29, 1.82) is 0 Å². The Balaban J connectivity index is 1.79. The highest BCUT2D eigenvalue weighted by atomic mass is 79.9. The Morgan fingerprint density at radius 1 is 1.15 bits per heavy atom. The fourth-order valence-corrected chi connectivity index (χ4v) is 2.49. The Hall–Kier alpha value is -1.88. The Morgan fingerprint density at radius 2 is 2.05 bits per heavy atom. The minimum Gasteiger partial charge on any atom is -0.497 e. The fourth-order valence-electron chi connectivity index (χ4n) is 2.17. The summed E-state index contributed by atoms with van der Waals surface area (Å²) in [4.78, 5) is 0. The molecule has 3 aromatic rings. The van der Waals surface area contributed by atoms with Crippen LogP contribution in [-0.4, -0.2) is 21.7 Å². The molecular weight excluding hydrogens is 318 g/mol. The summed E-state index contributed by atoms with van der Waals surface area (Å²) in [5, 5.41) is 8.44. The molecule has 1 aromatic carbocycles. The second kappa shape index (κ2) is 5.63. The summed E-state index contributed by atoms with van der Waals surface area (Å²) in [6.45, 7) is 0. The highest BCUT2D eigenvalue weighted by molar-refractivity contribution is 9.10. The third-order valence-electron chi connectivity index (χ3n) is 3.21. The average Bonchev–Trinajstić information content (AvgIpc) is 2.87. The first-order valence-corrected chi connectivity index (χ1v) is 7.17. The van der Waals surface area contributed by atoms with Crippen LogP contribution in [0.15, 0.2) is 47.1 Å². The average molecular weight is 332 g/mol. The molecule has 0 aliphatic carbocycles. The van der Waals surface area contributed by atoms with E-state index in [4.69, 9.17) is 4.74 Å². The molecule has 0 saturated heterocycles. The predicted octanol–water partition coefficient (Wildman–Crippen LogP) is 3.29. The van der Waals surface area contributed by atoms with Gasteiger partial charge in [-0.3, -0.25) is 4.40 Å². The van der Waals surface area contributed by atoms with Crippen LogP contribution in [0, 0.1) is 0 Å². The highest BCUT2D eigenvalue weighted by Crippen LogP contribution is 2.16. The van der Waals surface area contributed by atoms with E-state index >= 15 is 0 Å². The summed E-state index contributed by atoms with van der Waals surface area (Å²) in [5.41, 5.74) is 2.10. The van der Waals surface area contributed by atoms with Gasteiger partial charge in [0.15, 0.2) is 5.65 Å². The number of hydrogen-bond acceptors (Lipinski definition) is 3. The Bertz CT molecular complexity index is 739. The summed E-state index contributed by atoms with van der Waals surface area (Å²) >= 11 is 3.44. The second-order valence-electron chi connectivity index (χ2n) is 4.54. The zero-order valence-electron chi connectivity index (χ0n) is 11.1. The van der Waals surface area contributed by atoms with Gasteiger partial charge < -0.3 is 4.74 Å². The lowest BCUT2D eigenvalue weighted by Gasteiger charge is -2.04. The van der Waals surface area contributed by atoms with E-state index in [1.54, 1.807) is 7.11 Å². The first kappa shape index (κ1) is 13.1. The Morgan fingerprint density at radius 3 is 2.90 bits per heavy atom. The maximum absolute atomic E-state index is 5.24. The van der Waals surface area contributed by atoms with Gasteiger partial charge in [-0.25, -0.2) is 0 Å². The van der Waals surface area contributed by atoms with Crippen molar-refractivity contribution in [2.24, 2.45) is 0 Å². The molecule has 5 heteroatoms. The molecule has 20 heavy (non-hydrogen) atoms. The van der Waals surface area contributed by atoms with Crippen molar-refractivity contribution in [3.63, 3.8) is 0 Å². The van der Waals surface area contributed by atoms with Crippen molar-refractivity contribution in [2.75, 3.05) is 7.11 Å². The van der Waals surface area contributed by atoms with Gasteiger partial charge >= 0.3 is 0 Å². The topological polar surface area (TPSA) is 39.4 Å². The van der Waals surface area contributed by atoms with Crippen LogP contribution in [0.5, 0.6) is 5.75 Å². The molecule has 0 N–H and O–H groups in total. The monoisotopic (exact) mass is 331 g/mol. The molecule has 0 spiro atoms. The van der Waals surface area contributed by atoms with E-state index in [9.17, 15) is 0 Å². The van der Waals surface area contributed by atoms with E-state index in [2.05, 4.69) is 38.3 Å². The van der Waals surface area contributed by atoms with Gasteiger partial charge in [-0.15, -0.1) is 10.2 Å². The minimum atomic E-state index is 0.843. The number of pyridine rings is 1. The predicted molar refractivity (Wildman–Crippen MR) is 81.1 cm³/mol. The standard InChI is InChI=1S/C15H14BrN3O/c1-20-13-4-2-3-11(9-13)5-6-14-17-18-15-10-12(16)7-8-19(14)15/h2-4,7-10H,5-6H2,1H3. The largest absolute Gasteiger partial charge is 0.497 e. The zero-order valence-corrected chi connectivity index (χ0v) is 12.7. The van der Waals surface area contributed by atoms with Gasteiger partial charge in [0.05, 0.1) is 7.11 Å². The molecule has 0 aliphatic rings. The summed E-state index contributed by atoms with van der Waals surface area (Å²) in [6.07, 6.45) is 3.74. The van der Waals surface area contributed by atoms with Crippen LogP contribution in [0.3, 0.4) is 0 Å². The van der Waals surface area contributed by atoms with E-state index in [0.717, 1.165) is 34.5 Å². The van der Waals surface area contributed by atoms with Crippen LogP contribution < -0.4 is 4.74 Å². The first-order valence-electron chi connectivity index (χ1n) is 6.38. The van der Waals surface area contributed by atoms with Gasteiger partial charge in [-0.2, -0.15) is 0 Å². The van der Waals surface area contributed by atoms with Crippen LogP contribution >= 0.6 is 15.9 Å². The maximum atomic E-state index is 5.24. The van der Waals surface area contributed by atoms with Crippen LogP contribution in [0.2, 0.25) is 0 Å². The number of ether oxygens (including phenoxy) is 1. The van der Waals surface area contributed by atoms with Crippen molar-refractivity contribution in [3.05, 3.63) is 58.5 Å². The third kappa shape index (κ3) is 2.67. The van der Waals surface area contributed by atoms with Gasteiger partial charge in [0.1, 0.15) is 11.6 Å². The molecule has 3 rings (SSSR count). The molecule has 0 saturated carbocycles. The second-order valence-corrected chi connectivity index (χ2v) is 5.46. The van der Waals surface area contributed by atoms with E-state index in [-0.39, 0.29) is 0 Å². The van der Waals surface area contributed by atoms with Gasteiger partial charge in [0.25, 0.3) is 0 Å². The van der Waals surface area contributed by atoms with E-state index < -0.39 is 0 Å². The van der Waals surface area contributed by atoms with E-state index in [0.29, 0.717) is 0 Å². The number of halogens is 1. The minimum absolute atomic E-state index is 0.843. The SMILES string of the molecule is COc1cccc(CCc2nnc3cc(Br)ccn23)c1. The number of fused-ring (bicyclic) bond motifs is 1. The summed E-state index contributed by atoms with van der Waals surface area (Å²) in [7, 11) is 1.68. The third-order valence-corrected chi connectivity index (χ3v) is 3.71. The lowest BCUT2D eigenvalue weighted by Crippen LogP contribution is -1.98. The van der Waals surface area contributed by atoms with E-state index in [1.165, 1.54) is 5.56 Å². The zero-order chi connectivity index (χ0) is 13.9. The molecule has 0 atom stereocenters. The first-order chi connectivity index (χ1) is 9.76. The van der Waals surface area contributed by atoms with Crippen molar-refractivity contribution < 1.29 is 4.74 Å². The van der Waals surface area contributed by atoms with Gasteiger partial charge in [-0.05, 0) is 36.2 Å². The number of rotatable bonds is 4. The summed E-state index contributed by atoms with van der Waals surface area (Å²) in [5.74, 6) is 1.85. The molecule has 102 valence electrons. The number of aromatic nitrogens is 3. The molecule has 0 aliphatic heterocycles. The number of hydrogen-bond donors (Lipinski definition) is 0. The highest BCUT2D eigenvalue weighted by Gasteiger charge is 2.06. The molecule has 0 bridgehead atoms. The summed E-state index contributed by atoms with van der Waals surface area (Å²) in [6, 6.07) is 12.1. The van der Waals surface area contributed by atoms with Crippen molar-refractivity contribution in [3.8, 4) is 5.75 Å². The van der Waals surface area contributed by atoms with Crippen LogP contribution in [0.4, 0.5) is 0 Å². The molecule has 4 nitrogen and oxygen atoms in total. The van der Waals surface area contributed by atoms with Crippen LogP contribution in [0.1, 0.15) is 11.4 Å². The lowest BCUT2D eigenvalue weighted by atomic mass is 10.1. The van der Waals surface area contributed by atoms with Crippen LogP contribution in [-0.2, 0) is 12.8 Å². The fraction of sp³-hybridized carbons (Fsp3) is 0.200. The van der Waals surface area contributed by atoms with Gasteiger partial charge in [0, 0.05) is 17.1 Å². The number of benzene rings is 1. The molecule has 0 fully saturated rings. The van der Waals surface area contributed by atoms with Crippen molar-refractivity contribution in [2.45, 2.75) is 12.8 Å². The van der Waals surface area contributed by atoms with Crippen LogP contribution in [0.25, 0.3) is 5.65 Å². The Labute approximate surface area is 125 Å². The number of methoxy groups -OCH3 is 1. The lowest BCUT2D eigenvalue weighted by molar-refractivity contribution is 0.414. The Kier molecular flexibility index (Phi) is 3.69. The molecule has 0 amide bonds. The number of aryl methyl sites for hydroxylation is 2. The number of nitrogens with zero attached hydrogens (tertiary/aromatic N) is 3. The molecule has 0 unspecified atom stereocenters. The van der Waals surface area contributed by atoms with Crippen molar-refractivity contribution >= 4 is 21.6 Å². The van der Waals surface area contributed by atoms with Gasteiger partial charge in [0.2, 0.25) is 0 Å². The summed E-state index contributed by atoms with van der Waals surface area (Å²) < 4.78 is 8.27. The smallest absolute Gasteiger partial charge is 0.161 e. The molecular formula is C15H14BrN3O. The molecule has 2 heterocycles.